The topological polar surface area (TPSA) is 42.9 Å². The van der Waals surface area contributed by atoms with E-state index in [2.05, 4.69) is 56.6 Å². The van der Waals surface area contributed by atoms with Gasteiger partial charge in [0.2, 0.25) is 0 Å². The van der Waals surface area contributed by atoms with Crippen LogP contribution in [0, 0.1) is 5.92 Å². The first-order valence-electron chi connectivity index (χ1n) is 10.7. The predicted molar refractivity (Wildman–Crippen MR) is 114 cm³/mol. The molecule has 1 aromatic carbocycles. The van der Waals surface area contributed by atoms with Crippen molar-refractivity contribution in [2.24, 2.45) is 10.9 Å². The molecule has 0 atom stereocenters. The van der Waals surface area contributed by atoms with Gasteiger partial charge in [0.05, 0.1) is 0 Å². The van der Waals surface area contributed by atoms with E-state index in [4.69, 9.17) is 0 Å². The van der Waals surface area contributed by atoms with Crippen molar-refractivity contribution < 1.29 is 0 Å². The van der Waals surface area contributed by atoms with Crippen molar-refractivity contribution in [2.75, 3.05) is 46.3 Å². The fourth-order valence-corrected chi connectivity index (χ4v) is 3.99. The molecule has 0 spiro atoms. The maximum atomic E-state index is 4.35. The number of benzene rings is 1. The van der Waals surface area contributed by atoms with Crippen molar-refractivity contribution in [3.63, 3.8) is 0 Å². The van der Waals surface area contributed by atoms with Gasteiger partial charge in [-0.2, -0.15) is 0 Å². The van der Waals surface area contributed by atoms with Crippen LogP contribution in [0.2, 0.25) is 0 Å². The minimum atomic E-state index is 0.810. The molecule has 5 heteroatoms. The fraction of sp³-hybridized carbons (Fsp3) is 0.682. The minimum Gasteiger partial charge on any atom is -0.355 e. The summed E-state index contributed by atoms with van der Waals surface area (Å²) in [6, 6.07) is 9.01. The molecule has 1 aromatic rings. The normalized spacial score (nSPS) is 20.1. The van der Waals surface area contributed by atoms with Crippen LogP contribution in [0.4, 0.5) is 0 Å². The smallest absolute Gasteiger partial charge is 0.191 e. The van der Waals surface area contributed by atoms with Crippen LogP contribution in [0.15, 0.2) is 29.3 Å². The van der Waals surface area contributed by atoms with Crippen LogP contribution in [0.3, 0.4) is 0 Å². The van der Waals surface area contributed by atoms with Crippen molar-refractivity contribution in [1.29, 1.82) is 0 Å². The number of nitrogens with zero attached hydrogens (tertiary/aromatic N) is 3. The summed E-state index contributed by atoms with van der Waals surface area (Å²) in [6.07, 6.45) is 5.37. The van der Waals surface area contributed by atoms with E-state index in [1.807, 2.05) is 7.05 Å². The molecule has 0 radical (unpaired) electrons. The molecule has 0 amide bonds. The molecule has 0 saturated carbocycles. The molecule has 2 aliphatic heterocycles. The van der Waals surface area contributed by atoms with Gasteiger partial charge < -0.3 is 15.5 Å². The zero-order valence-electron chi connectivity index (χ0n) is 17.2. The van der Waals surface area contributed by atoms with E-state index in [-0.39, 0.29) is 0 Å². The van der Waals surface area contributed by atoms with Gasteiger partial charge in [-0.3, -0.25) is 9.89 Å². The summed E-state index contributed by atoms with van der Waals surface area (Å²) in [7, 11) is 1.84. The fourth-order valence-electron chi connectivity index (χ4n) is 3.99. The highest BCUT2D eigenvalue weighted by atomic mass is 15.2. The first-order valence-corrected chi connectivity index (χ1v) is 10.7. The Morgan fingerprint density at radius 3 is 2.30 bits per heavy atom. The maximum absolute atomic E-state index is 4.35. The second-order valence-corrected chi connectivity index (χ2v) is 8.18. The SMILES string of the molecule is CN=C(NCCN1CCC(C)CC1)NCc1ccc(CN2CCCC2)cc1. The summed E-state index contributed by atoms with van der Waals surface area (Å²) in [5, 5.41) is 6.88. The molecule has 0 unspecified atom stereocenters. The molecule has 150 valence electrons. The van der Waals surface area contributed by atoms with Crippen LogP contribution in [0.5, 0.6) is 0 Å². The molecule has 0 bridgehead atoms. The Morgan fingerprint density at radius 1 is 0.963 bits per heavy atom. The molecular weight excluding hydrogens is 334 g/mol. The number of likely N-dealkylation sites (tertiary alicyclic amines) is 2. The van der Waals surface area contributed by atoms with Crippen molar-refractivity contribution >= 4 is 5.96 Å². The zero-order valence-corrected chi connectivity index (χ0v) is 17.2. The van der Waals surface area contributed by atoms with Crippen molar-refractivity contribution in [1.82, 2.24) is 20.4 Å². The summed E-state index contributed by atoms with van der Waals surface area (Å²) in [5.74, 6) is 1.78. The summed E-state index contributed by atoms with van der Waals surface area (Å²) >= 11 is 0. The van der Waals surface area contributed by atoms with E-state index in [0.717, 1.165) is 38.1 Å². The molecule has 2 heterocycles. The van der Waals surface area contributed by atoms with E-state index >= 15 is 0 Å². The summed E-state index contributed by atoms with van der Waals surface area (Å²) in [5.41, 5.74) is 2.71. The maximum Gasteiger partial charge on any atom is 0.191 e. The van der Waals surface area contributed by atoms with E-state index in [0.29, 0.717) is 0 Å². The van der Waals surface area contributed by atoms with Gasteiger partial charge in [-0.1, -0.05) is 31.2 Å². The number of hydrogen-bond donors (Lipinski definition) is 2. The number of aliphatic imine (C=N–C) groups is 1. The molecule has 5 nitrogen and oxygen atoms in total. The molecule has 27 heavy (non-hydrogen) atoms. The predicted octanol–water partition coefficient (Wildman–Crippen LogP) is 2.68. The van der Waals surface area contributed by atoms with Crippen LogP contribution in [0.1, 0.15) is 43.7 Å². The average molecular weight is 372 g/mol. The Morgan fingerprint density at radius 2 is 1.63 bits per heavy atom. The summed E-state index contributed by atoms with van der Waals surface area (Å²) in [4.78, 5) is 9.45. The second kappa shape index (κ2) is 10.7. The molecule has 3 rings (SSSR count). The monoisotopic (exact) mass is 371 g/mol. The Bertz CT molecular complexity index is 569. The van der Waals surface area contributed by atoms with Crippen molar-refractivity contribution in [2.45, 2.75) is 45.7 Å². The number of rotatable bonds is 7. The molecular formula is C22H37N5. The van der Waals surface area contributed by atoms with E-state index in [9.17, 15) is 0 Å². The molecule has 2 aliphatic rings. The van der Waals surface area contributed by atoms with Crippen LogP contribution in [0.25, 0.3) is 0 Å². The first kappa shape index (κ1) is 20.2. The lowest BCUT2D eigenvalue weighted by atomic mass is 9.99. The summed E-state index contributed by atoms with van der Waals surface area (Å²) < 4.78 is 0. The minimum absolute atomic E-state index is 0.810. The molecule has 0 aliphatic carbocycles. The van der Waals surface area contributed by atoms with Crippen LogP contribution < -0.4 is 10.6 Å². The van der Waals surface area contributed by atoms with Gasteiger partial charge in [0.25, 0.3) is 0 Å². The average Bonchev–Trinajstić information content (AvgIpc) is 3.20. The lowest BCUT2D eigenvalue weighted by Crippen LogP contribution is -2.43. The van der Waals surface area contributed by atoms with Gasteiger partial charge >= 0.3 is 0 Å². The third-order valence-corrected chi connectivity index (χ3v) is 5.91. The highest BCUT2D eigenvalue weighted by Gasteiger charge is 2.15. The largest absolute Gasteiger partial charge is 0.355 e. The molecule has 0 aromatic heterocycles. The number of nitrogens with one attached hydrogen (secondary N) is 2. The van der Waals surface area contributed by atoms with Gasteiger partial charge in [-0.05, 0) is 68.9 Å². The lowest BCUT2D eigenvalue weighted by Gasteiger charge is -2.30. The molecule has 2 N–H and O–H groups in total. The van der Waals surface area contributed by atoms with Gasteiger partial charge in [-0.25, -0.2) is 0 Å². The Hall–Kier alpha value is -1.59. The number of guanidine groups is 1. The van der Waals surface area contributed by atoms with Gasteiger partial charge in [0.15, 0.2) is 5.96 Å². The summed E-state index contributed by atoms with van der Waals surface area (Å²) in [6.45, 7) is 11.3. The third kappa shape index (κ3) is 6.82. The van der Waals surface area contributed by atoms with Crippen LogP contribution >= 0.6 is 0 Å². The van der Waals surface area contributed by atoms with Crippen LogP contribution in [-0.2, 0) is 13.1 Å². The van der Waals surface area contributed by atoms with Gasteiger partial charge in [0.1, 0.15) is 0 Å². The molecule has 2 saturated heterocycles. The standard InChI is InChI=1S/C22H37N5/c1-19-9-14-26(15-10-19)16-11-24-22(23-2)25-17-20-5-7-21(8-6-20)18-27-12-3-4-13-27/h5-8,19H,3-4,9-18H2,1-2H3,(H2,23,24,25). The number of piperidine rings is 1. The van der Waals surface area contributed by atoms with E-state index in [1.165, 1.54) is 63.0 Å². The van der Waals surface area contributed by atoms with Crippen LogP contribution in [-0.4, -0.2) is 62.1 Å². The first-order chi connectivity index (χ1) is 13.2. The number of hydrogen-bond acceptors (Lipinski definition) is 3. The Kier molecular flexibility index (Phi) is 7.96. The third-order valence-electron chi connectivity index (χ3n) is 5.91. The highest BCUT2D eigenvalue weighted by molar-refractivity contribution is 5.79. The quantitative estimate of drug-likeness (QED) is 0.571. The second-order valence-electron chi connectivity index (χ2n) is 8.18. The van der Waals surface area contributed by atoms with E-state index in [1.54, 1.807) is 0 Å². The van der Waals surface area contributed by atoms with E-state index < -0.39 is 0 Å². The Labute approximate surface area is 165 Å². The van der Waals surface area contributed by atoms with Crippen molar-refractivity contribution in [3.8, 4) is 0 Å². The van der Waals surface area contributed by atoms with Gasteiger partial charge in [-0.15, -0.1) is 0 Å². The highest BCUT2D eigenvalue weighted by Crippen LogP contribution is 2.15. The van der Waals surface area contributed by atoms with Gasteiger partial charge in [0, 0.05) is 33.2 Å². The Balaban J connectivity index is 1.34. The lowest BCUT2D eigenvalue weighted by molar-refractivity contribution is 0.195. The molecule has 2 fully saturated rings. The van der Waals surface area contributed by atoms with Crippen molar-refractivity contribution in [3.05, 3.63) is 35.4 Å². The zero-order chi connectivity index (χ0) is 18.9.